The van der Waals surface area contributed by atoms with Gasteiger partial charge in [0.15, 0.2) is 11.5 Å². The smallest absolute Gasteiger partial charge is 0.176 e. The SMILES string of the molecule is CCOc1cc(CN)cc(Br)c1OC1C=CCCC1. The molecule has 2 rings (SSSR count). The van der Waals surface area contributed by atoms with Crippen molar-refractivity contribution in [2.24, 2.45) is 5.73 Å². The highest BCUT2D eigenvalue weighted by molar-refractivity contribution is 9.10. The van der Waals surface area contributed by atoms with Gasteiger partial charge in [-0.3, -0.25) is 0 Å². The molecule has 0 aromatic heterocycles. The van der Waals surface area contributed by atoms with E-state index in [-0.39, 0.29) is 6.10 Å². The summed E-state index contributed by atoms with van der Waals surface area (Å²) in [6.07, 6.45) is 7.80. The summed E-state index contributed by atoms with van der Waals surface area (Å²) in [6, 6.07) is 3.94. The molecule has 0 saturated heterocycles. The van der Waals surface area contributed by atoms with Crippen molar-refractivity contribution in [1.29, 1.82) is 0 Å². The number of ether oxygens (including phenoxy) is 2. The van der Waals surface area contributed by atoms with E-state index >= 15 is 0 Å². The van der Waals surface area contributed by atoms with E-state index in [9.17, 15) is 0 Å². The molecule has 1 aromatic rings. The maximum Gasteiger partial charge on any atom is 0.176 e. The van der Waals surface area contributed by atoms with Crippen molar-refractivity contribution in [3.63, 3.8) is 0 Å². The zero-order valence-electron chi connectivity index (χ0n) is 11.2. The lowest BCUT2D eigenvalue weighted by molar-refractivity contribution is 0.212. The molecule has 0 spiro atoms. The minimum absolute atomic E-state index is 0.132. The second-order valence-electron chi connectivity index (χ2n) is 4.56. The lowest BCUT2D eigenvalue weighted by atomic mass is 10.1. The molecule has 3 nitrogen and oxygen atoms in total. The molecule has 0 aliphatic heterocycles. The Morgan fingerprint density at radius 3 is 2.89 bits per heavy atom. The zero-order valence-corrected chi connectivity index (χ0v) is 12.8. The molecule has 104 valence electrons. The van der Waals surface area contributed by atoms with Crippen LogP contribution in [0, 0.1) is 0 Å². The fraction of sp³-hybridized carbons (Fsp3) is 0.467. The molecule has 2 N–H and O–H groups in total. The van der Waals surface area contributed by atoms with Gasteiger partial charge >= 0.3 is 0 Å². The van der Waals surface area contributed by atoms with Crippen LogP contribution in [0.4, 0.5) is 0 Å². The Kier molecular flexibility index (Phi) is 5.28. The largest absolute Gasteiger partial charge is 0.490 e. The van der Waals surface area contributed by atoms with E-state index in [1.165, 1.54) is 6.42 Å². The molecule has 1 aromatic carbocycles. The van der Waals surface area contributed by atoms with Crippen LogP contribution in [0.2, 0.25) is 0 Å². The van der Waals surface area contributed by atoms with Gasteiger partial charge in [-0.1, -0.05) is 6.08 Å². The van der Waals surface area contributed by atoms with Gasteiger partial charge in [0.25, 0.3) is 0 Å². The van der Waals surface area contributed by atoms with Crippen LogP contribution in [0.15, 0.2) is 28.8 Å². The summed E-state index contributed by atoms with van der Waals surface area (Å²) in [5.74, 6) is 1.53. The van der Waals surface area contributed by atoms with Crippen LogP contribution in [0.5, 0.6) is 11.5 Å². The van der Waals surface area contributed by atoms with Crippen LogP contribution < -0.4 is 15.2 Å². The van der Waals surface area contributed by atoms with Crippen molar-refractivity contribution in [1.82, 2.24) is 0 Å². The molecule has 0 heterocycles. The first-order valence-corrected chi connectivity index (χ1v) is 7.52. The van der Waals surface area contributed by atoms with Crippen molar-refractivity contribution in [2.75, 3.05) is 6.61 Å². The third kappa shape index (κ3) is 3.74. The van der Waals surface area contributed by atoms with Gasteiger partial charge in [-0.05, 0) is 65.9 Å². The molecular weight excluding hydrogens is 306 g/mol. The third-order valence-electron chi connectivity index (χ3n) is 3.08. The quantitative estimate of drug-likeness (QED) is 0.837. The summed E-state index contributed by atoms with van der Waals surface area (Å²) in [6.45, 7) is 3.06. The Labute approximate surface area is 122 Å². The third-order valence-corrected chi connectivity index (χ3v) is 3.67. The summed E-state index contributed by atoms with van der Waals surface area (Å²) < 4.78 is 12.6. The van der Waals surface area contributed by atoms with Crippen LogP contribution >= 0.6 is 15.9 Å². The molecular formula is C15H20BrNO2. The maximum atomic E-state index is 6.07. The molecule has 0 bridgehead atoms. The van der Waals surface area contributed by atoms with Crippen molar-refractivity contribution in [3.05, 3.63) is 34.3 Å². The Morgan fingerprint density at radius 2 is 2.26 bits per heavy atom. The molecule has 0 amide bonds. The van der Waals surface area contributed by atoms with E-state index in [1.54, 1.807) is 0 Å². The fourth-order valence-electron chi connectivity index (χ4n) is 2.15. The highest BCUT2D eigenvalue weighted by atomic mass is 79.9. The van der Waals surface area contributed by atoms with Crippen LogP contribution in [0.3, 0.4) is 0 Å². The molecule has 0 radical (unpaired) electrons. The van der Waals surface area contributed by atoms with Gasteiger partial charge in [-0.25, -0.2) is 0 Å². The predicted octanol–water partition coefficient (Wildman–Crippen LogP) is 3.79. The zero-order chi connectivity index (χ0) is 13.7. The van der Waals surface area contributed by atoms with E-state index in [2.05, 4.69) is 28.1 Å². The van der Waals surface area contributed by atoms with E-state index < -0.39 is 0 Å². The summed E-state index contributed by atoms with van der Waals surface area (Å²) in [4.78, 5) is 0. The van der Waals surface area contributed by atoms with E-state index in [1.807, 2.05) is 19.1 Å². The van der Waals surface area contributed by atoms with Crippen LogP contribution in [0.1, 0.15) is 31.7 Å². The first-order valence-electron chi connectivity index (χ1n) is 6.73. The second kappa shape index (κ2) is 6.96. The topological polar surface area (TPSA) is 44.5 Å². The van der Waals surface area contributed by atoms with Gasteiger partial charge in [-0.2, -0.15) is 0 Å². The Hall–Kier alpha value is -1.00. The number of hydrogen-bond acceptors (Lipinski definition) is 3. The number of hydrogen-bond donors (Lipinski definition) is 1. The van der Waals surface area contributed by atoms with Gasteiger partial charge < -0.3 is 15.2 Å². The molecule has 0 saturated carbocycles. The average molecular weight is 326 g/mol. The highest BCUT2D eigenvalue weighted by Gasteiger charge is 2.17. The average Bonchev–Trinajstić information content (AvgIpc) is 2.43. The van der Waals surface area contributed by atoms with Crippen LogP contribution in [0.25, 0.3) is 0 Å². The summed E-state index contributed by atoms with van der Waals surface area (Å²) >= 11 is 3.55. The monoisotopic (exact) mass is 325 g/mol. The summed E-state index contributed by atoms with van der Waals surface area (Å²) in [5.41, 5.74) is 6.72. The number of benzene rings is 1. The lowest BCUT2D eigenvalue weighted by Gasteiger charge is -2.22. The number of halogens is 1. The highest BCUT2D eigenvalue weighted by Crippen LogP contribution is 2.38. The van der Waals surface area contributed by atoms with Crippen LogP contribution in [-0.4, -0.2) is 12.7 Å². The molecule has 0 fully saturated rings. The van der Waals surface area contributed by atoms with Crippen molar-refractivity contribution in [2.45, 2.75) is 38.8 Å². The van der Waals surface area contributed by atoms with Gasteiger partial charge in [0, 0.05) is 6.54 Å². The summed E-state index contributed by atoms with van der Waals surface area (Å²) in [7, 11) is 0. The van der Waals surface area contributed by atoms with Gasteiger partial charge in [0.05, 0.1) is 11.1 Å². The molecule has 1 unspecified atom stereocenters. The van der Waals surface area contributed by atoms with Gasteiger partial charge in [0.2, 0.25) is 0 Å². The maximum absolute atomic E-state index is 6.07. The minimum Gasteiger partial charge on any atom is -0.490 e. The Balaban J connectivity index is 2.26. The van der Waals surface area contributed by atoms with E-state index in [0.717, 1.165) is 34.4 Å². The Morgan fingerprint density at radius 1 is 1.42 bits per heavy atom. The molecule has 1 aliphatic carbocycles. The first kappa shape index (κ1) is 14.4. The van der Waals surface area contributed by atoms with Crippen molar-refractivity contribution < 1.29 is 9.47 Å². The van der Waals surface area contributed by atoms with Gasteiger partial charge in [-0.15, -0.1) is 0 Å². The molecule has 1 aliphatic rings. The van der Waals surface area contributed by atoms with Gasteiger partial charge in [0.1, 0.15) is 6.10 Å². The number of allylic oxidation sites excluding steroid dienone is 1. The van der Waals surface area contributed by atoms with E-state index in [4.69, 9.17) is 15.2 Å². The first-order chi connectivity index (χ1) is 9.24. The van der Waals surface area contributed by atoms with Crippen LogP contribution in [-0.2, 0) is 6.54 Å². The normalized spacial score (nSPS) is 18.4. The molecule has 1 atom stereocenters. The molecule has 4 heteroatoms. The fourth-order valence-corrected chi connectivity index (χ4v) is 2.73. The second-order valence-corrected chi connectivity index (χ2v) is 5.41. The standard InChI is InChI=1S/C15H20BrNO2/c1-2-18-14-9-11(10-17)8-13(16)15(14)19-12-6-4-3-5-7-12/h4,6,8-9,12H,2-3,5,7,10,17H2,1H3. The minimum atomic E-state index is 0.132. The Bertz CT molecular complexity index is 460. The summed E-state index contributed by atoms with van der Waals surface area (Å²) in [5, 5.41) is 0. The predicted molar refractivity (Wildman–Crippen MR) is 80.6 cm³/mol. The molecule has 19 heavy (non-hydrogen) atoms. The lowest BCUT2D eigenvalue weighted by Crippen LogP contribution is -2.16. The van der Waals surface area contributed by atoms with Crippen molar-refractivity contribution in [3.8, 4) is 11.5 Å². The van der Waals surface area contributed by atoms with E-state index in [0.29, 0.717) is 13.2 Å². The number of rotatable bonds is 5. The number of nitrogens with two attached hydrogens (primary N) is 1. The van der Waals surface area contributed by atoms with Crippen molar-refractivity contribution >= 4 is 15.9 Å².